The largest absolute Gasteiger partial charge is 0.310 e. The molecule has 0 fully saturated rings. The first-order chi connectivity index (χ1) is 8.54. The fourth-order valence-electron chi connectivity index (χ4n) is 1.55. The molecule has 1 rings (SSSR count). The van der Waals surface area contributed by atoms with Gasteiger partial charge in [0.15, 0.2) is 0 Å². The lowest BCUT2D eigenvalue weighted by Crippen LogP contribution is -2.23. The summed E-state index contributed by atoms with van der Waals surface area (Å²) in [5.41, 5.74) is 0.350. The van der Waals surface area contributed by atoms with Gasteiger partial charge in [0.2, 0.25) is 0 Å². The molecule has 0 amide bonds. The van der Waals surface area contributed by atoms with Gasteiger partial charge in [-0.25, -0.2) is 18.7 Å². The van der Waals surface area contributed by atoms with Crippen LogP contribution in [0.25, 0.3) is 0 Å². The molecule has 1 aromatic heterocycles. The Morgan fingerprint density at radius 3 is 2.61 bits per heavy atom. The van der Waals surface area contributed by atoms with Crippen LogP contribution >= 0.6 is 0 Å². The molecule has 0 atom stereocenters. The lowest BCUT2D eigenvalue weighted by molar-refractivity contribution is 0.144. The first-order valence-corrected chi connectivity index (χ1v) is 6.40. The van der Waals surface area contributed by atoms with E-state index in [2.05, 4.69) is 22.2 Å². The summed E-state index contributed by atoms with van der Waals surface area (Å²) >= 11 is 0. The van der Waals surface area contributed by atoms with Gasteiger partial charge in [-0.3, -0.25) is 0 Å². The van der Waals surface area contributed by atoms with Crippen molar-refractivity contribution >= 4 is 0 Å². The monoisotopic (exact) mass is 257 g/mol. The quantitative estimate of drug-likeness (QED) is 0.814. The van der Waals surface area contributed by atoms with E-state index >= 15 is 0 Å². The molecule has 0 spiro atoms. The van der Waals surface area contributed by atoms with Crippen LogP contribution in [0.5, 0.6) is 0 Å². The fourth-order valence-corrected chi connectivity index (χ4v) is 1.55. The Kier molecular flexibility index (Phi) is 6.12. The first kappa shape index (κ1) is 15.0. The highest BCUT2D eigenvalue weighted by Crippen LogP contribution is 2.20. The van der Waals surface area contributed by atoms with Gasteiger partial charge in [0.25, 0.3) is 6.43 Å². The van der Waals surface area contributed by atoms with Gasteiger partial charge < -0.3 is 5.32 Å². The smallest absolute Gasteiger partial charge is 0.280 e. The molecule has 0 saturated heterocycles. The van der Waals surface area contributed by atoms with E-state index in [1.807, 2.05) is 13.8 Å². The zero-order valence-corrected chi connectivity index (χ0v) is 11.2. The third-order valence-electron chi connectivity index (χ3n) is 2.61. The van der Waals surface area contributed by atoms with Crippen LogP contribution in [0.1, 0.15) is 57.1 Å². The molecule has 18 heavy (non-hydrogen) atoms. The van der Waals surface area contributed by atoms with Crippen molar-refractivity contribution in [2.45, 2.75) is 59.0 Å². The Bertz CT molecular complexity index is 367. The first-order valence-electron chi connectivity index (χ1n) is 6.40. The van der Waals surface area contributed by atoms with Crippen LogP contribution in [-0.4, -0.2) is 16.0 Å². The predicted octanol–water partition coefficient (Wildman–Crippen LogP) is 3.25. The van der Waals surface area contributed by atoms with Gasteiger partial charge in [0, 0.05) is 30.8 Å². The van der Waals surface area contributed by atoms with Gasteiger partial charge in [-0.2, -0.15) is 0 Å². The van der Waals surface area contributed by atoms with Crippen LogP contribution in [0, 0.1) is 0 Å². The minimum atomic E-state index is -2.54. The molecule has 0 aliphatic carbocycles. The van der Waals surface area contributed by atoms with E-state index in [0.29, 0.717) is 24.4 Å². The van der Waals surface area contributed by atoms with Gasteiger partial charge in [0.1, 0.15) is 11.5 Å². The van der Waals surface area contributed by atoms with Crippen molar-refractivity contribution in [3.63, 3.8) is 0 Å². The summed E-state index contributed by atoms with van der Waals surface area (Å²) < 4.78 is 25.9. The second-order valence-electron chi connectivity index (χ2n) is 4.64. The maximum atomic E-state index is 12.9. The topological polar surface area (TPSA) is 37.8 Å². The van der Waals surface area contributed by atoms with Crippen LogP contribution in [0.15, 0.2) is 6.20 Å². The van der Waals surface area contributed by atoms with E-state index in [4.69, 9.17) is 0 Å². The van der Waals surface area contributed by atoms with E-state index in [-0.39, 0.29) is 11.7 Å². The van der Waals surface area contributed by atoms with Crippen LogP contribution < -0.4 is 5.32 Å². The van der Waals surface area contributed by atoms with Crippen molar-refractivity contribution in [2.24, 2.45) is 0 Å². The average molecular weight is 257 g/mol. The predicted molar refractivity (Wildman–Crippen MR) is 67.6 cm³/mol. The standard InChI is InChI=1S/C13H21F2N3/c1-4-5-6-11-17-8-10(7-16-9(2)3)12(18-11)13(14)15/h8-9,13,16H,4-7H2,1-3H3. The van der Waals surface area contributed by atoms with Crippen molar-refractivity contribution < 1.29 is 8.78 Å². The molecule has 0 saturated carbocycles. The summed E-state index contributed by atoms with van der Waals surface area (Å²) in [6.07, 6.45) is 1.57. The molecule has 102 valence electrons. The van der Waals surface area contributed by atoms with Gasteiger partial charge in [-0.1, -0.05) is 27.2 Å². The number of nitrogens with zero attached hydrogens (tertiary/aromatic N) is 2. The summed E-state index contributed by atoms with van der Waals surface area (Å²) in [4.78, 5) is 8.14. The second kappa shape index (κ2) is 7.36. The van der Waals surface area contributed by atoms with Crippen molar-refractivity contribution in [2.75, 3.05) is 0 Å². The fraction of sp³-hybridized carbons (Fsp3) is 0.692. The second-order valence-corrected chi connectivity index (χ2v) is 4.64. The van der Waals surface area contributed by atoms with E-state index in [1.165, 1.54) is 6.20 Å². The van der Waals surface area contributed by atoms with Crippen LogP contribution in [0.4, 0.5) is 8.78 Å². The number of halogens is 2. The number of hydrogen-bond acceptors (Lipinski definition) is 3. The Labute approximate surface area is 107 Å². The Morgan fingerprint density at radius 2 is 2.06 bits per heavy atom. The maximum Gasteiger partial charge on any atom is 0.280 e. The average Bonchev–Trinajstić information content (AvgIpc) is 2.34. The molecule has 0 aliphatic heterocycles. The number of nitrogens with one attached hydrogen (secondary N) is 1. The number of alkyl halides is 2. The molecule has 0 aliphatic rings. The zero-order valence-electron chi connectivity index (χ0n) is 11.2. The van der Waals surface area contributed by atoms with Gasteiger partial charge in [-0.15, -0.1) is 0 Å². The van der Waals surface area contributed by atoms with Crippen molar-refractivity contribution in [1.29, 1.82) is 0 Å². The van der Waals surface area contributed by atoms with Gasteiger partial charge in [-0.05, 0) is 6.42 Å². The Morgan fingerprint density at radius 1 is 1.33 bits per heavy atom. The lowest BCUT2D eigenvalue weighted by atomic mass is 10.2. The number of aromatic nitrogens is 2. The molecule has 3 nitrogen and oxygen atoms in total. The summed E-state index contributed by atoms with van der Waals surface area (Å²) in [6, 6.07) is 0.246. The van der Waals surface area contributed by atoms with E-state index in [1.54, 1.807) is 0 Å². The molecular weight excluding hydrogens is 236 g/mol. The summed E-state index contributed by atoms with van der Waals surface area (Å²) in [5, 5.41) is 3.11. The van der Waals surface area contributed by atoms with E-state index < -0.39 is 6.43 Å². The van der Waals surface area contributed by atoms with Crippen LogP contribution in [0.2, 0.25) is 0 Å². The van der Waals surface area contributed by atoms with Gasteiger partial charge >= 0.3 is 0 Å². The molecule has 0 bridgehead atoms. The third-order valence-corrected chi connectivity index (χ3v) is 2.61. The number of aryl methyl sites for hydroxylation is 1. The number of hydrogen-bond donors (Lipinski definition) is 1. The molecule has 0 aromatic carbocycles. The summed E-state index contributed by atoms with van der Waals surface area (Å²) in [5.74, 6) is 0.514. The normalized spacial score (nSPS) is 11.5. The number of unbranched alkanes of at least 4 members (excludes halogenated alkanes) is 1. The molecule has 5 heteroatoms. The molecule has 0 radical (unpaired) electrons. The highest BCUT2D eigenvalue weighted by Gasteiger charge is 2.16. The highest BCUT2D eigenvalue weighted by molar-refractivity contribution is 5.19. The Hall–Kier alpha value is -1.10. The minimum absolute atomic E-state index is 0.135. The summed E-state index contributed by atoms with van der Waals surface area (Å²) in [7, 11) is 0. The molecular formula is C13H21F2N3. The summed E-state index contributed by atoms with van der Waals surface area (Å²) in [6.45, 7) is 6.37. The number of rotatable bonds is 7. The lowest BCUT2D eigenvalue weighted by Gasteiger charge is -2.12. The van der Waals surface area contributed by atoms with Crippen LogP contribution in [-0.2, 0) is 13.0 Å². The van der Waals surface area contributed by atoms with Crippen molar-refractivity contribution in [1.82, 2.24) is 15.3 Å². The third kappa shape index (κ3) is 4.64. The SMILES string of the molecule is CCCCc1ncc(CNC(C)C)c(C(F)F)n1. The molecule has 1 aromatic rings. The van der Waals surface area contributed by atoms with Gasteiger partial charge in [0.05, 0.1) is 0 Å². The molecule has 1 N–H and O–H groups in total. The van der Waals surface area contributed by atoms with Crippen molar-refractivity contribution in [3.05, 3.63) is 23.3 Å². The highest BCUT2D eigenvalue weighted by atomic mass is 19.3. The van der Waals surface area contributed by atoms with Crippen molar-refractivity contribution in [3.8, 4) is 0 Å². The van der Waals surface area contributed by atoms with Crippen LogP contribution in [0.3, 0.4) is 0 Å². The van der Waals surface area contributed by atoms with E-state index in [9.17, 15) is 8.78 Å². The molecule has 1 heterocycles. The van der Waals surface area contributed by atoms with E-state index in [0.717, 1.165) is 12.8 Å². The zero-order chi connectivity index (χ0) is 13.5. The minimum Gasteiger partial charge on any atom is -0.310 e. The Balaban J connectivity index is 2.83. The maximum absolute atomic E-state index is 12.9. The molecule has 0 unspecified atom stereocenters.